The molecule has 0 aromatic heterocycles. The van der Waals surface area contributed by atoms with Crippen molar-refractivity contribution in [1.82, 2.24) is 0 Å². The number of hydrogen-bond acceptors (Lipinski definition) is 3. The summed E-state index contributed by atoms with van der Waals surface area (Å²) in [5.41, 5.74) is 10.2. The Labute approximate surface area is 103 Å². The number of hydrogen-bond donors (Lipinski definition) is 2. The van der Waals surface area contributed by atoms with E-state index in [0.717, 1.165) is 4.47 Å². The van der Waals surface area contributed by atoms with Gasteiger partial charge in [0.25, 0.3) is 0 Å². The molecule has 0 saturated heterocycles. The number of nitrogens with two attached hydrogens (primary N) is 2. The Hall–Kier alpha value is -1.08. The smallest absolute Gasteiger partial charge is 0.185 e. The van der Waals surface area contributed by atoms with Gasteiger partial charge in [-0.15, -0.1) is 0 Å². The molecule has 1 aromatic rings. The van der Waals surface area contributed by atoms with Gasteiger partial charge in [0, 0.05) is 4.47 Å². The van der Waals surface area contributed by atoms with Crippen molar-refractivity contribution in [3.8, 4) is 0 Å². The molecule has 0 fully saturated rings. The van der Waals surface area contributed by atoms with Crippen LogP contribution in [0.1, 0.15) is 0 Å². The molecule has 0 aliphatic carbocycles. The van der Waals surface area contributed by atoms with Gasteiger partial charge < -0.3 is 11.5 Å². The summed E-state index contributed by atoms with van der Waals surface area (Å²) in [4.78, 5) is 3.90. The fourth-order valence-electron chi connectivity index (χ4n) is 1.05. The predicted octanol–water partition coefficient (Wildman–Crippen LogP) is 0.496. The normalized spacial score (nSPS) is 11.1. The molecule has 0 bridgehead atoms. The van der Waals surface area contributed by atoms with E-state index in [2.05, 4.69) is 20.9 Å². The maximum atomic E-state index is 11.8. The molecule has 0 radical (unpaired) electrons. The Morgan fingerprint density at radius 2 is 1.81 bits per heavy atom. The van der Waals surface area contributed by atoms with E-state index in [-0.39, 0.29) is 23.2 Å². The summed E-state index contributed by atoms with van der Waals surface area (Å²) < 4.78 is 24.3. The molecule has 0 amide bonds. The lowest BCUT2D eigenvalue weighted by atomic mass is 10.4. The van der Waals surface area contributed by atoms with Crippen LogP contribution < -0.4 is 11.5 Å². The minimum atomic E-state index is -3.31. The third-order valence-electron chi connectivity index (χ3n) is 1.83. The Bertz CT molecular complexity index is 478. The average molecular weight is 306 g/mol. The first kappa shape index (κ1) is 13.0. The van der Waals surface area contributed by atoms with Gasteiger partial charge in [-0.05, 0) is 24.3 Å². The third kappa shape index (κ3) is 3.82. The number of guanidine groups is 1. The number of sulfone groups is 1. The molecule has 16 heavy (non-hydrogen) atoms. The maximum absolute atomic E-state index is 11.8. The number of benzene rings is 1. The molecule has 1 aromatic carbocycles. The lowest BCUT2D eigenvalue weighted by molar-refractivity contribution is 0.596. The summed E-state index contributed by atoms with van der Waals surface area (Å²) in [6.45, 7) is 0.0702. The average Bonchev–Trinajstić information content (AvgIpc) is 2.17. The van der Waals surface area contributed by atoms with E-state index in [1.165, 1.54) is 12.1 Å². The van der Waals surface area contributed by atoms with E-state index in [1.54, 1.807) is 12.1 Å². The summed E-state index contributed by atoms with van der Waals surface area (Å²) in [6.07, 6.45) is 0. The number of aliphatic imine (C=N–C) groups is 1. The fourth-order valence-corrected chi connectivity index (χ4v) is 2.44. The zero-order chi connectivity index (χ0) is 12.2. The van der Waals surface area contributed by atoms with Gasteiger partial charge in [0.05, 0.1) is 17.2 Å². The molecule has 0 spiro atoms. The van der Waals surface area contributed by atoms with E-state index >= 15 is 0 Å². The SMILES string of the molecule is NC(N)=NCCS(=O)(=O)c1ccc(Br)cc1. The summed E-state index contributed by atoms with van der Waals surface area (Å²) in [7, 11) is -3.31. The second kappa shape index (κ2) is 5.31. The molecule has 4 N–H and O–H groups in total. The lowest BCUT2D eigenvalue weighted by Gasteiger charge is -2.02. The molecule has 1 rings (SSSR count). The Balaban J connectivity index is 2.78. The number of rotatable bonds is 4. The largest absolute Gasteiger partial charge is 0.370 e. The van der Waals surface area contributed by atoms with Crippen molar-refractivity contribution in [2.24, 2.45) is 16.5 Å². The van der Waals surface area contributed by atoms with Gasteiger partial charge in [0.2, 0.25) is 0 Å². The maximum Gasteiger partial charge on any atom is 0.185 e. The van der Waals surface area contributed by atoms with Crippen molar-refractivity contribution in [2.45, 2.75) is 4.90 Å². The highest BCUT2D eigenvalue weighted by Crippen LogP contribution is 2.15. The first-order chi connectivity index (χ1) is 7.42. The summed E-state index contributed by atoms with van der Waals surface area (Å²) >= 11 is 3.23. The highest BCUT2D eigenvalue weighted by Gasteiger charge is 2.13. The van der Waals surface area contributed by atoms with Gasteiger partial charge in [-0.1, -0.05) is 15.9 Å². The molecule has 7 heteroatoms. The number of nitrogens with zero attached hydrogens (tertiary/aromatic N) is 1. The second-order valence-corrected chi connectivity index (χ2v) is 6.10. The van der Waals surface area contributed by atoms with Crippen LogP contribution in [0.2, 0.25) is 0 Å². The Morgan fingerprint density at radius 1 is 1.25 bits per heavy atom. The molecule has 0 unspecified atom stereocenters. The van der Waals surface area contributed by atoms with Gasteiger partial charge in [0.1, 0.15) is 0 Å². The highest BCUT2D eigenvalue weighted by atomic mass is 79.9. The van der Waals surface area contributed by atoms with Gasteiger partial charge in [0.15, 0.2) is 15.8 Å². The molecule has 0 saturated carbocycles. The monoisotopic (exact) mass is 305 g/mol. The quantitative estimate of drug-likeness (QED) is 0.625. The van der Waals surface area contributed by atoms with Crippen molar-refractivity contribution in [1.29, 1.82) is 0 Å². The third-order valence-corrected chi connectivity index (χ3v) is 4.07. The van der Waals surface area contributed by atoms with Crippen molar-refractivity contribution in [3.05, 3.63) is 28.7 Å². The lowest BCUT2D eigenvalue weighted by Crippen LogP contribution is -2.24. The molecular weight excluding hydrogens is 294 g/mol. The van der Waals surface area contributed by atoms with Gasteiger partial charge in [-0.2, -0.15) is 0 Å². The molecular formula is C9H12BrN3O2S. The van der Waals surface area contributed by atoms with Crippen LogP contribution in [0.25, 0.3) is 0 Å². The second-order valence-electron chi connectivity index (χ2n) is 3.08. The fraction of sp³-hybridized carbons (Fsp3) is 0.222. The first-order valence-corrected chi connectivity index (χ1v) is 6.90. The molecule has 88 valence electrons. The molecule has 0 aliphatic heterocycles. The van der Waals surface area contributed by atoms with Gasteiger partial charge in [-0.3, -0.25) is 4.99 Å². The van der Waals surface area contributed by atoms with Crippen LogP contribution in [-0.4, -0.2) is 26.7 Å². The zero-order valence-electron chi connectivity index (χ0n) is 8.43. The van der Waals surface area contributed by atoms with Crippen LogP contribution in [0, 0.1) is 0 Å². The molecule has 0 aliphatic rings. The van der Waals surface area contributed by atoms with Crippen LogP contribution in [-0.2, 0) is 9.84 Å². The van der Waals surface area contributed by atoms with Crippen LogP contribution in [0.4, 0.5) is 0 Å². The minimum Gasteiger partial charge on any atom is -0.370 e. The van der Waals surface area contributed by atoms with E-state index < -0.39 is 9.84 Å². The highest BCUT2D eigenvalue weighted by molar-refractivity contribution is 9.10. The Morgan fingerprint density at radius 3 is 2.31 bits per heavy atom. The zero-order valence-corrected chi connectivity index (χ0v) is 10.8. The first-order valence-electron chi connectivity index (χ1n) is 4.45. The van der Waals surface area contributed by atoms with Crippen molar-refractivity contribution in [3.63, 3.8) is 0 Å². The van der Waals surface area contributed by atoms with Crippen LogP contribution >= 0.6 is 15.9 Å². The van der Waals surface area contributed by atoms with Crippen molar-refractivity contribution < 1.29 is 8.42 Å². The Kier molecular flexibility index (Phi) is 4.31. The number of halogens is 1. The molecule has 0 heterocycles. The minimum absolute atomic E-state index is 0.0702. The topological polar surface area (TPSA) is 98.5 Å². The van der Waals surface area contributed by atoms with E-state index in [4.69, 9.17) is 11.5 Å². The van der Waals surface area contributed by atoms with E-state index in [0.29, 0.717) is 0 Å². The van der Waals surface area contributed by atoms with E-state index in [9.17, 15) is 8.42 Å². The summed E-state index contributed by atoms with van der Waals surface area (Å²) in [5.74, 6) is -0.210. The van der Waals surface area contributed by atoms with Crippen molar-refractivity contribution in [2.75, 3.05) is 12.3 Å². The molecule has 0 atom stereocenters. The standard InChI is InChI=1S/C9H12BrN3O2S/c10-7-1-3-8(4-2-7)16(14,15)6-5-13-9(11)12/h1-4H,5-6H2,(H4,11,12,13). The van der Waals surface area contributed by atoms with E-state index in [1.807, 2.05) is 0 Å². The van der Waals surface area contributed by atoms with Crippen LogP contribution in [0.15, 0.2) is 38.6 Å². The summed E-state index contributed by atoms with van der Waals surface area (Å²) in [6, 6.07) is 6.42. The van der Waals surface area contributed by atoms with Crippen molar-refractivity contribution >= 4 is 31.7 Å². The summed E-state index contributed by atoms with van der Waals surface area (Å²) in [5, 5.41) is 0. The van der Waals surface area contributed by atoms with Gasteiger partial charge >= 0.3 is 0 Å². The van der Waals surface area contributed by atoms with Gasteiger partial charge in [-0.25, -0.2) is 8.42 Å². The molecule has 5 nitrogen and oxygen atoms in total. The van der Waals surface area contributed by atoms with Crippen LogP contribution in [0.5, 0.6) is 0 Å². The van der Waals surface area contributed by atoms with Crippen LogP contribution in [0.3, 0.4) is 0 Å². The predicted molar refractivity (Wildman–Crippen MR) is 66.9 cm³/mol.